The zero-order valence-corrected chi connectivity index (χ0v) is 14.2. The minimum Gasteiger partial charge on any atom is -0.465 e. The molecule has 2 amide bonds. The Hall–Kier alpha value is -3.34. The summed E-state index contributed by atoms with van der Waals surface area (Å²) in [6.07, 6.45) is 0. The third kappa shape index (κ3) is 2.24. The van der Waals surface area contributed by atoms with Gasteiger partial charge in [-0.15, -0.1) is 0 Å². The third-order valence-electron chi connectivity index (χ3n) is 5.01. The number of hydrogen-bond acceptors (Lipinski definition) is 3. The van der Waals surface area contributed by atoms with Crippen LogP contribution in [0.25, 0.3) is 10.8 Å². The monoisotopic (exact) mass is 346 g/mol. The summed E-state index contributed by atoms with van der Waals surface area (Å²) in [6, 6.07) is 20.6. The van der Waals surface area contributed by atoms with Crippen LogP contribution in [0.2, 0.25) is 0 Å². The zero-order valence-electron chi connectivity index (χ0n) is 14.2. The molecule has 3 N–H and O–H groups in total. The SMILES string of the molecule is C[C@H](c1cccc2ccccc12)C1(C(N)=O)Oc2ccccc2NC1=O. The first-order valence-electron chi connectivity index (χ1n) is 8.41. The van der Waals surface area contributed by atoms with Gasteiger partial charge in [-0.25, -0.2) is 0 Å². The van der Waals surface area contributed by atoms with E-state index in [2.05, 4.69) is 5.32 Å². The standard InChI is InChI=1S/C21H18N2O3/c1-13(15-10-6-8-14-7-2-3-9-16(14)15)21(19(22)24)20(25)23-17-11-4-5-12-18(17)26-21/h2-13H,1H3,(H2,22,24)(H,23,25)/t13-,21?/m1/s1. The van der Waals surface area contributed by atoms with Crippen LogP contribution in [0.4, 0.5) is 5.69 Å². The molecule has 1 heterocycles. The smallest absolute Gasteiger partial charge is 0.279 e. The summed E-state index contributed by atoms with van der Waals surface area (Å²) in [5, 5.41) is 4.74. The Morgan fingerprint density at radius 3 is 2.54 bits per heavy atom. The van der Waals surface area contributed by atoms with E-state index < -0.39 is 23.3 Å². The van der Waals surface area contributed by atoms with Crippen LogP contribution < -0.4 is 15.8 Å². The summed E-state index contributed by atoms with van der Waals surface area (Å²) in [4.78, 5) is 25.4. The van der Waals surface area contributed by atoms with Crippen LogP contribution in [0.15, 0.2) is 66.7 Å². The summed E-state index contributed by atoms with van der Waals surface area (Å²) in [5.74, 6) is -1.52. The van der Waals surface area contributed by atoms with Crippen LogP contribution in [-0.4, -0.2) is 17.4 Å². The summed E-state index contributed by atoms with van der Waals surface area (Å²) < 4.78 is 5.97. The predicted molar refractivity (Wildman–Crippen MR) is 100.0 cm³/mol. The summed E-state index contributed by atoms with van der Waals surface area (Å²) in [7, 11) is 0. The number of fused-ring (bicyclic) bond motifs is 2. The zero-order chi connectivity index (χ0) is 18.3. The fourth-order valence-electron chi connectivity index (χ4n) is 3.60. The maximum Gasteiger partial charge on any atom is 0.279 e. The summed E-state index contributed by atoms with van der Waals surface area (Å²) in [6.45, 7) is 1.79. The second kappa shape index (κ2) is 5.88. The minimum atomic E-state index is -1.82. The van der Waals surface area contributed by atoms with Crippen LogP contribution in [0.5, 0.6) is 5.75 Å². The molecule has 0 spiro atoms. The van der Waals surface area contributed by atoms with Gasteiger partial charge in [0, 0.05) is 5.92 Å². The first-order chi connectivity index (χ1) is 12.5. The van der Waals surface area contributed by atoms with Crippen molar-refractivity contribution < 1.29 is 14.3 Å². The van der Waals surface area contributed by atoms with E-state index in [0.717, 1.165) is 16.3 Å². The van der Waals surface area contributed by atoms with Crippen LogP contribution >= 0.6 is 0 Å². The number of anilines is 1. The Kier molecular flexibility index (Phi) is 3.65. The number of nitrogens with one attached hydrogen (secondary N) is 1. The average Bonchev–Trinajstić information content (AvgIpc) is 2.66. The van der Waals surface area contributed by atoms with Crippen molar-refractivity contribution in [3.8, 4) is 5.75 Å². The van der Waals surface area contributed by atoms with Gasteiger partial charge in [0.1, 0.15) is 5.75 Å². The quantitative estimate of drug-likeness (QED) is 0.715. The molecule has 1 aliphatic rings. The molecule has 3 aromatic carbocycles. The van der Waals surface area contributed by atoms with E-state index in [4.69, 9.17) is 10.5 Å². The molecule has 0 saturated carbocycles. The highest BCUT2D eigenvalue weighted by Crippen LogP contribution is 2.42. The van der Waals surface area contributed by atoms with E-state index in [1.165, 1.54) is 0 Å². The highest BCUT2D eigenvalue weighted by atomic mass is 16.5. The van der Waals surface area contributed by atoms with E-state index in [1.807, 2.05) is 42.5 Å². The lowest BCUT2D eigenvalue weighted by molar-refractivity contribution is -0.148. The molecule has 0 fully saturated rings. The molecule has 5 heteroatoms. The van der Waals surface area contributed by atoms with Crippen LogP contribution in [0.1, 0.15) is 18.4 Å². The highest BCUT2D eigenvalue weighted by molar-refractivity contribution is 6.16. The number of primary amides is 1. The highest BCUT2D eigenvalue weighted by Gasteiger charge is 2.55. The first kappa shape index (κ1) is 16.1. The normalized spacial score (nSPS) is 20.0. The lowest BCUT2D eigenvalue weighted by Crippen LogP contribution is -2.62. The van der Waals surface area contributed by atoms with Crippen molar-refractivity contribution in [3.05, 3.63) is 72.3 Å². The Balaban J connectivity index is 1.89. The number of para-hydroxylation sites is 2. The fourth-order valence-corrected chi connectivity index (χ4v) is 3.60. The van der Waals surface area contributed by atoms with E-state index in [1.54, 1.807) is 31.2 Å². The number of benzene rings is 3. The number of amides is 2. The number of ether oxygens (including phenoxy) is 1. The minimum absolute atomic E-state index is 0.429. The Morgan fingerprint density at radius 2 is 1.73 bits per heavy atom. The molecule has 0 aromatic heterocycles. The molecule has 1 aliphatic heterocycles. The largest absolute Gasteiger partial charge is 0.465 e. The molecule has 130 valence electrons. The van der Waals surface area contributed by atoms with Gasteiger partial charge in [-0.1, -0.05) is 61.5 Å². The Morgan fingerprint density at radius 1 is 1.04 bits per heavy atom. The Labute approximate surface area is 150 Å². The predicted octanol–water partition coefficient (Wildman–Crippen LogP) is 3.20. The molecule has 3 aromatic rings. The number of carbonyl (C=O) groups is 2. The van der Waals surface area contributed by atoms with E-state index in [-0.39, 0.29) is 0 Å². The molecule has 4 rings (SSSR count). The van der Waals surface area contributed by atoms with Crippen molar-refractivity contribution in [2.45, 2.75) is 18.4 Å². The van der Waals surface area contributed by atoms with Crippen LogP contribution in [-0.2, 0) is 9.59 Å². The number of nitrogens with two attached hydrogens (primary N) is 1. The van der Waals surface area contributed by atoms with Crippen molar-refractivity contribution in [1.29, 1.82) is 0 Å². The third-order valence-corrected chi connectivity index (χ3v) is 5.01. The van der Waals surface area contributed by atoms with Gasteiger partial charge < -0.3 is 15.8 Å². The van der Waals surface area contributed by atoms with Crippen LogP contribution in [0.3, 0.4) is 0 Å². The first-order valence-corrected chi connectivity index (χ1v) is 8.41. The van der Waals surface area contributed by atoms with Gasteiger partial charge in [-0.3, -0.25) is 9.59 Å². The summed E-state index contributed by atoms with van der Waals surface area (Å²) in [5.41, 5.74) is 5.24. The molecule has 0 radical (unpaired) electrons. The van der Waals surface area contributed by atoms with Gasteiger partial charge in [-0.2, -0.15) is 0 Å². The Bertz CT molecular complexity index is 1030. The van der Waals surface area contributed by atoms with Gasteiger partial charge in [-0.05, 0) is 28.5 Å². The molecule has 0 saturated heterocycles. The molecular formula is C21H18N2O3. The fraction of sp³-hybridized carbons (Fsp3) is 0.143. The van der Waals surface area contributed by atoms with Gasteiger partial charge in [0.2, 0.25) is 0 Å². The molecule has 5 nitrogen and oxygen atoms in total. The van der Waals surface area contributed by atoms with Gasteiger partial charge >= 0.3 is 0 Å². The molecular weight excluding hydrogens is 328 g/mol. The van der Waals surface area contributed by atoms with E-state index >= 15 is 0 Å². The number of rotatable bonds is 3. The van der Waals surface area contributed by atoms with E-state index in [0.29, 0.717) is 11.4 Å². The van der Waals surface area contributed by atoms with Crippen molar-refractivity contribution in [2.24, 2.45) is 5.73 Å². The molecule has 2 atom stereocenters. The lowest BCUT2D eigenvalue weighted by Gasteiger charge is -2.39. The second-order valence-corrected chi connectivity index (χ2v) is 6.44. The molecule has 26 heavy (non-hydrogen) atoms. The number of hydrogen-bond donors (Lipinski definition) is 2. The molecule has 0 bridgehead atoms. The van der Waals surface area contributed by atoms with Crippen molar-refractivity contribution in [3.63, 3.8) is 0 Å². The lowest BCUT2D eigenvalue weighted by atomic mass is 9.79. The van der Waals surface area contributed by atoms with E-state index in [9.17, 15) is 9.59 Å². The number of carbonyl (C=O) groups excluding carboxylic acids is 2. The van der Waals surface area contributed by atoms with Gasteiger partial charge in [0.25, 0.3) is 17.4 Å². The van der Waals surface area contributed by atoms with Crippen molar-refractivity contribution in [1.82, 2.24) is 0 Å². The van der Waals surface area contributed by atoms with Gasteiger partial charge in [0.15, 0.2) is 0 Å². The molecule has 1 unspecified atom stereocenters. The second-order valence-electron chi connectivity index (χ2n) is 6.44. The van der Waals surface area contributed by atoms with Crippen molar-refractivity contribution >= 4 is 28.3 Å². The maximum atomic E-state index is 12.9. The van der Waals surface area contributed by atoms with Crippen LogP contribution in [0, 0.1) is 0 Å². The topological polar surface area (TPSA) is 81.4 Å². The maximum absolute atomic E-state index is 12.9. The van der Waals surface area contributed by atoms with Crippen molar-refractivity contribution in [2.75, 3.05) is 5.32 Å². The summed E-state index contributed by atoms with van der Waals surface area (Å²) >= 11 is 0. The van der Waals surface area contributed by atoms with Gasteiger partial charge in [0.05, 0.1) is 5.69 Å². The molecule has 0 aliphatic carbocycles. The average molecular weight is 346 g/mol.